The minimum atomic E-state index is -1.51. The fourth-order valence-electron chi connectivity index (χ4n) is 5.02. The molecule has 1 aliphatic heterocycles. The summed E-state index contributed by atoms with van der Waals surface area (Å²) >= 11 is 0. The quantitative estimate of drug-likeness (QED) is 0.395. The van der Waals surface area contributed by atoms with Gasteiger partial charge in [0.15, 0.2) is 17.5 Å². The molecule has 0 bridgehead atoms. The minimum Gasteiger partial charge on any atom is -0.497 e. The van der Waals surface area contributed by atoms with Crippen molar-refractivity contribution in [3.05, 3.63) is 71.1 Å². The van der Waals surface area contributed by atoms with E-state index >= 15 is 0 Å². The monoisotopic (exact) mass is 483 g/mol. The molecule has 0 N–H and O–H groups in total. The SMILES string of the molecule is CCC1Cc2c(nn(C)c2-c2cc(F)c(F)c(F)c2)C(C)N1C(=O)c1cnc2cc(OC)ccn12. The number of pyridine rings is 1. The summed E-state index contributed by atoms with van der Waals surface area (Å²) in [5, 5.41) is 4.60. The van der Waals surface area contributed by atoms with Gasteiger partial charge in [0.25, 0.3) is 5.91 Å². The van der Waals surface area contributed by atoms with Gasteiger partial charge in [0.2, 0.25) is 0 Å². The van der Waals surface area contributed by atoms with Crippen LogP contribution in [0.4, 0.5) is 13.2 Å². The smallest absolute Gasteiger partial charge is 0.273 e. The molecule has 4 aromatic rings. The Balaban J connectivity index is 1.57. The molecule has 0 aliphatic carbocycles. The summed E-state index contributed by atoms with van der Waals surface area (Å²) in [4.78, 5) is 19.9. The molecule has 1 aromatic carbocycles. The predicted octanol–water partition coefficient (Wildman–Crippen LogP) is 4.70. The maximum atomic E-state index is 14.0. The zero-order valence-electron chi connectivity index (χ0n) is 19.7. The van der Waals surface area contributed by atoms with E-state index in [0.717, 1.165) is 17.7 Å². The van der Waals surface area contributed by atoms with Crippen LogP contribution in [0.1, 0.15) is 48.1 Å². The molecule has 35 heavy (non-hydrogen) atoms. The lowest BCUT2D eigenvalue weighted by Crippen LogP contribution is -2.46. The Morgan fingerprint density at radius 2 is 1.91 bits per heavy atom. The van der Waals surface area contributed by atoms with E-state index in [0.29, 0.717) is 41.3 Å². The van der Waals surface area contributed by atoms with Gasteiger partial charge < -0.3 is 9.64 Å². The van der Waals surface area contributed by atoms with E-state index in [4.69, 9.17) is 4.74 Å². The highest BCUT2D eigenvalue weighted by molar-refractivity contribution is 5.94. The van der Waals surface area contributed by atoms with Crippen LogP contribution in [0.3, 0.4) is 0 Å². The number of rotatable bonds is 4. The lowest BCUT2D eigenvalue weighted by atomic mass is 9.89. The number of amides is 1. The Labute approximate surface area is 199 Å². The van der Waals surface area contributed by atoms with Crippen molar-refractivity contribution in [2.45, 2.75) is 38.8 Å². The van der Waals surface area contributed by atoms with E-state index in [1.54, 1.807) is 48.0 Å². The third-order valence-electron chi connectivity index (χ3n) is 6.73. The number of halogens is 3. The second kappa shape index (κ2) is 8.44. The molecule has 0 radical (unpaired) electrons. The number of ether oxygens (including phenoxy) is 1. The van der Waals surface area contributed by atoms with Gasteiger partial charge in [0.05, 0.1) is 30.7 Å². The van der Waals surface area contributed by atoms with Crippen LogP contribution >= 0.6 is 0 Å². The number of fused-ring (bicyclic) bond motifs is 2. The van der Waals surface area contributed by atoms with Crippen LogP contribution in [0.25, 0.3) is 16.9 Å². The van der Waals surface area contributed by atoms with E-state index in [9.17, 15) is 18.0 Å². The fraction of sp³-hybridized carbons (Fsp3) is 0.320. The first kappa shape index (κ1) is 22.9. The zero-order valence-corrected chi connectivity index (χ0v) is 19.7. The fourth-order valence-corrected chi connectivity index (χ4v) is 5.02. The molecule has 0 saturated carbocycles. The number of benzene rings is 1. The lowest BCUT2D eigenvalue weighted by Gasteiger charge is -2.39. The maximum absolute atomic E-state index is 14.0. The van der Waals surface area contributed by atoms with Crippen LogP contribution < -0.4 is 4.74 Å². The first-order chi connectivity index (χ1) is 16.7. The van der Waals surface area contributed by atoms with E-state index < -0.39 is 23.5 Å². The predicted molar refractivity (Wildman–Crippen MR) is 123 cm³/mol. The molecule has 182 valence electrons. The molecule has 0 saturated heterocycles. The van der Waals surface area contributed by atoms with Gasteiger partial charge in [-0.1, -0.05) is 6.92 Å². The van der Waals surface area contributed by atoms with Crippen LogP contribution in [0.5, 0.6) is 5.75 Å². The first-order valence-corrected chi connectivity index (χ1v) is 11.3. The van der Waals surface area contributed by atoms with Gasteiger partial charge >= 0.3 is 0 Å². The normalized spacial score (nSPS) is 17.6. The molecule has 1 amide bonds. The maximum Gasteiger partial charge on any atom is 0.273 e. The molecule has 5 rings (SSSR count). The van der Waals surface area contributed by atoms with Crippen LogP contribution in [-0.2, 0) is 13.5 Å². The number of methoxy groups -OCH3 is 1. The Bertz CT molecular complexity index is 1440. The van der Waals surface area contributed by atoms with Crippen molar-refractivity contribution in [1.29, 1.82) is 0 Å². The molecule has 3 aromatic heterocycles. The Morgan fingerprint density at radius 1 is 1.20 bits per heavy atom. The number of imidazole rings is 1. The molecule has 2 atom stereocenters. The molecule has 1 aliphatic rings. The van der Waals surface area contributed by atoms with E-state index in [1.807, 2.05) is 13.8 Å². The molecule has 4 heterocycles. The summed E-state index contributed by atoms with van der Waals surface area (Å²) in [7, 11) is 3.24. The van der Waals surface area contributed by atoms with E-state index in [2.05, 4.69) is 10.1 Å². The summed E-state index contributed by atoms with van der Waals surface area (Å²) in [5.74, 6) is -3.58. The van der Waals surface area contributed by atoms with E-state index in [-0.39, 0.29) is 17.5 Å². The molecular formula is C25H24F3N5O2. The molecule has 0 spiro atoms. The standard InChI is InChI=1S/C25H24F3N5O2/c1-5-15-10-17-23(30-31(3)24(17)14-8-18(26)22(28)19(27)9-14)13(2)33(15)25(34)20-12-29-21-11-16(35-4)6-7-32(20)21/h6-9,11-13,15H,5,10H2,1-4H3. The highest BCUT2D eigenvalue weighted by Crippen LogP contribution is 2.40. The van der Waals surface area contributed by atoms with Crippen molar-refractivity contribution in [3.63, 3.8) is 0 Å². The van der Waals surface area contributed by atoms with Crippen LogP contribution in [-0.4, -0.2) is 43.1 Å². The van der Waals surface area contributed by atoms with Gasteiger partial charge in [-0.25, -0.2) is 18.2 Å². The van der Waals surface area contributed by atoms with Crippen molar-refractivity contribution < 1.29 is 22.7 Å². The van der Waals surface area contributed by atoms with Gasteiger partial charge in [-0.15, -0.1) is 0 Å². The van der Waals surface area contributed by atoms with Crippen LogP contribution in [0, 0.1) is 17.5 Å². The van der Waals surface area contributed by atoms with Crippen molar-refractivity contribution in [1.82, 2.24) is 24.1 Å². The van der Waals surface area contributed by atoms with Gasteiger partial charge in [-0.2, -0.15) is 5.10 Å². The van der Waals surface area contributed by atoms with E-state index in [1.165, 1.54) is 4.68 Å². The number of hydrogen-bond acceptors (Lipinski definition) is 4. The van der Waals surface area contributed by atoms with Crippen LogP contribution in [0.2, 0.25) is 0 Å². The van der Waals surface area contributed by atoms with Crippen LogP contribution in [0.15, 0.2) is 36.7 Å². The molecule has 0 fully saturated rings. The first-order valence-electron chi connectivity index (χ1n) is 11.3. The molecule has 7 nitrogen and oxygen atoms in total. The number of aromatic nitrogens is 4. The number of aryl methyl sites for hydroxylation is 1. The van der Waals surface area contributed by atoms with Gasteiger partial charge in [-0.3, -0.25) is 13.9 Å². The Morgan fingerprint density at radius 3 is 2.57 bits per heavy atom. The summed E-state index contributed by atoms with van der Waals surface area (Å²) in [5.41, 5.74) is 3.15. The highest BCUT2D eigenvalue weighted by Gasteiger charge is 2.39. The van der Waals surface area contributed by atoms with Gasteiger partial charge in [0.1, 0.15) is 17.1 Å². The van der Waals surface area contributed by atoms with Crippen molar-refractivity contribution in [3.8, 4) is 17.0 Å². The largest absolute Gasteiger partial charge is 0.497 e. The molecular weight excluding hydrogens is 459 g/mol. The second-order valence-electron chi connectivity index (χ2n) is 8.68. The van der Waals surface area contributed by atoms with Gasteiger partial charge in [0, 0.05) is 36.5 Å². The Hall–Kier alpha value is -3.82. The van der Waals surface area contributed by atoms with Gasteiger partial charge in [-0.05, 0) is 38.0 Å². The third-order valence-corrected chi connectivity index (χ3v) is 6.73. The summed E-state index contributed by atoms with van der Waals surface area (Å²) < 4.78 is 50.1. The topological polar surface area (TPSA) is 64.7 Å². The molecule has 2 unspecified atom stereocenters. The average Bonchev–Trinajstić information content (AvgIpc) is 3.41. The number of hydrogen-bond donors (Lipinski definition) is 0. The second-order valence-corrected chi connectivity index (χ2v) is 8.68. The molecule has 10 heteroatoms. The lowest BCUT2D eigenvalue weighted by molar-refractivity contribution is 0.0538. The third kappa shape index (κ3) is 3.55. The van der Waals surface area contributed by atoms with Crippen molar-refractivity contribution in [2.75, 3.05) is 7.11 Å². The summed E-state index contributed by atoms with van der Waals surface area (Å²) in [6, 6.07) is 4.86. The zero-order chi connectivity index (χ0) is 25.0. The number of carbonyl (C=O) groups excluding carboxylic acids is 1. The Kier molecular flexibility index (Phi) is 5.53. The minimum absolute atomic E-state index is 0.188. The van der Waals surface area contributed by atoms with Crippen molar-refractivity contribution >= 4 is 11.6 Å². The highest BCUT2D eigenvalue weighted by atomic mass is 19.2. The number of nitrogens with zero attached hydrogens (tertiary/aromatic N) is 5. The van der Waals surface area contributed by atoms with Crippen molar-refractivity contribution in [2.24, 2.45) is 7.05 Å². The summed E-state index contributed by atoms with van der Waals surface area (Å²) in [6.45, 7) is 3.86. The summed E-state index contributed by atoms with van der Waals surface area (Å²) in [6.07, 6.45) is 4.38. The average molecular weight is 483 g/mol. The number of carbonyl (C=O) groups is 1.